The van der Waals surface area contributed by atoms with E-state index < -0.39 is 42.2 Å². The van der Waals surface area contributed by atoms with Crippen LogP contribution in [0, 0.1) is 0 Å². The summed E-state index contributed by atoms with van der Waals surface area (Å²) in [5.74, 6) is -1.72. The third-order valence-corrected chi connectivity index (χ3v) is 7.04. The number of rotatable bonds is 9. The molecule has 1 aromatic heterocycles. The first-order chi connectivity index (χ1) is 17.4. The van der Waals surface area contributed by atoms with E-state index in [-0.39, 0.29) is 29.3 Å². The number of carbonyl (C=O) groups is 4. The number of thiazole rings is 1. The molecular weight excluding hydrogens is 508 g/mol. The van der Waals surface area contributed by atoms with Crippen molar-refractivity contribution in [3.63, 3.8) is 0 Å². The van der Waals surface area contributed by atoms with Gasteiger partial charge in [-0.15, -0.1) is 11.3 Å². The van der Waals surface area contributed by atoms with E-state index in [9.17, 15) is 19.2 Å². The number of ether oxygens (including phenoxy) is 2. The number of carbonyl (C=O) groups excluding carboxylic acids is 4. The minimum absolute atomic E-state index is 0.00256. The van der Waals surface area contributed by atoms with Crippen molar-refractivity contribution in [2.75, 3.05) is 13.2 Å². The smallest absolute Gasteiger partial charge is 0.310 e. The van der Waals surface area contributed by atoms with Gasteiger partial charge in [0.2, 0.25) is 18.1 Å². The molecule has 0 aliphatic carbocycles. The lowest BCUT2D eigenvalue weighted by molar-refractivity contribution is -0.164. The average molecular weight is 535 g/mol. The van der Waals surface area contributed by atoms with Crippen molar-refractivity contribution >= 4 is 46.6 Å². The van der Waals surface area contributed by atoms with E-state index in [1.165, 1.54) is 16.2 Å². The molecule has 10 nitrogen and oxygen atoms in total. The molecule has 2 aromatic rings. The molecule has 192 valence electrons. The molecule has 4 atom stereocenters. The van der Waals surface area contributed by atoms with E-state index in [0.29, 0.717) is 31.7 Å². The number of amides is 3. The molecule has 0 radical (unpaired) electrons. The van der Waals surface area contributed by atoms with Crippen LogP contribution in [0.15, 0.2) is 35.2 Å². The Balaban J connectivity index is 1.49. The number of hydrogen-bond donors (Lipinski definition) is 2. The lowest BCUT2D eigenvalue weighted by atomic mass is 10.1. The maximum Gasteiger partial charge on any atom is 0.310 e. The second-order valence-corrected chi connectivity index (χ2v) is 9.64. The normalized spacial score (nSPS) is 22.2. The van der Waals surface area contributed by atoms with Crippen LogP contribution in [0.3, 0.4) is 0 Å². The second-order valence-electron chi connectivity index (χ2n) is 8.51. The maximum atomic E-state index is 13.7. The Bertz CT molecular complexity index is 1110. The summed E-state index contributed by atoms with van der Waals surface area (Å²) < 4.78 is 10.5. The van der Waals surface area contributed by atoms with Gasteiger partial charge in [0.15, 0.2) is 0 Å². The van der Waals surface area contributed by atoms with Gasteiger partial charge in [0.05, 0.1) is 28.2 Å². The molecule has 1 aromatic carbocycles. The van der Waals surface area contributed by atoms with Gasteiger partial charge in [-0.1, -0.05) is 23.7 Å². The van der Waals surface area contributed by atoms with Gasteiger partial charge >= 0.3 is 5.97 Å². The third kappa shape index (κ3) is 6.03. The molecular formula is C24H27ClN4O6S. The van der Waals surface area contributed by atoms with E-state index in [0.717, 1.165) is 0 Å². The first-order valence-electron chi connectivity index (χ1n) is 11.7. The zero-order chi connectivity index (χ0) is 25.7. The van der Waals surface area contributed by atoms with Gasteiger partial charge in [-0.3, -0.25) is 19.2 Å². The molecule has 2 aliphatic heterocycles. The minimum Gasteiger partial charge on any atom is -0.433 e. The van der Waals surface area contributed by atoms with Crippen LogP contribution in [0.4, 0.5) is 0 Å². The summed E-state index contributed by atoms with van der Waals surface area (Å²) in [6.07, 6.45) is 0.392. The van der Waals surface area contributed by atoms with Gasteiger partial charge in [-0.05, 0) is 31.9 Å². The predicted molar refractivity (Wildman–Crippen MR) is 131 cm³/mol. The molecule has 3 amide bonds. The summed E-state index contributed by atoms with van der Waals surface area (Å²) in [6.45, 7) is 2.45. The number of aromatic nitrogens is 1. The van der Waals surface area contributed by atoms with Gasteiger partial charge < -0.3 is 25.0 Å². The Morgan fingerprint density at radius 2 is 2.14 bits per heavy atom. The number of hydrogen-bond acceptors (Lipinski definition) is 8. The highest BCUT2D eigenvalue weighted by Crippen LogP contribution is 2.23. The van der Waals surface area contributed by atoms with Crippen molar-refractivity contribution in [3.8, 4) is 0 Å². The Labute approximate surface area is 217 Å². The fourth-order valence-corrected chi connectivity index (χ4v) is 5.17. The highest BCUT2D eigenvalue weighted by atomic mass is 35.5. The van der Waals surface area contributed by atoms with E-state index in [2.05, 4.69) is 15.6 Å². The lowest BCUT2D eigenvalue weighted by Crippen LogP contribution is -2.56. The largest absolute Gasteiger partial charge is 0.433 e. The molecule has 4 rings (SSSR count). The van der Waals surface area contributed by atoms with Crippen molar-refractivity contribution in [2.24, 2.45) is 0 Å². The number of esters is 1. The molecule has 2 aliphatic rings. The molecule has 2 N–H and O–H groups in total. The zero-order valence-electron chi connectivity index (χ0n) is 19.6. The van der Waals surface area contributed by atoms with Crippen LogP contribution in [-0.2, 0) is 30.3 Å². The van der Waals surface area contributed by atoms with Crippen LogP contribution in [0.25, 0.3) is 0 Å². The predicted octanol–water partition coefficient (Wildman–Crippen LogP) is 1.92. The van der Waals surface area contributed by atoms with Gasteiger partial charge in [-0.2, -0.15) is 0 Å². The average Bonchev–Trinajstić information content (AvgIpc) is 3.61. The number of likely N-dealkylation sites (tertiary alicyclic amines) is 1. The summed E-state index contributed by atoms with van der Waals surface area (Å²) in [5, 5.41) is 7.67. The third-order valence-electron chi connectivity index (χ3n) is 6.08. The number of nitrogens with zero attached hydrogens (tertiary/aromatic N) is 2. The van der Waals surface area contributed by atoms with Crippen molar-refractivity contribution in [1.29, 1.82) is 0 Å². The molecule has 2 fully saturated rings. The fourth-order valence-electron chi connectivity index (χ4n) is 4.38. The minimum atomic E-state index is -0.947. The lowest BCUT2D eigenvalue weighted by Gasteiger charge is -2.29. The summed E-state index contributed by atoms with van der Waals surface area (Å²) in [5.41, 5.74) is 2.55. The molecule has 0 unspecified atom stereocenters. The van der Waals surface area contributed by atoms with Crippen LogP contribution in [0.1, 0.15) is 42.2 Å². The van der Waals surface area contributed by atoms with Crippen LogP contribution >= 0.6 is 22.9 Å². The Morgan fingerprint density at radius 3 is 2.86 bits per heavy atom. The van der Waals surface area contributed by atoms with Crippen molar-refractivity contribution in [2.45, 2.75) is 57.0 Å². The van der Waals surface area contributed by atoms with E-state index in [4.69, 9.17) is 21.1 Å². The maximum absolute atomic E-state index is 13.7. The summed E-state index contributed by atoms with van der Waals surface area (Å²) in [4.78, 5) is 57.3. The van der Waals surface area contributed by atoms with E-state index in [1.807, 2.05) is 0 Å². The van der Waals surface area contributed by atoms with Gasteiger partial charge in [0.25, 0.3) is 5.91 Å². The van der Waals surface area contributed by atoms with Gasteiger partial charge in [-0.25, -0.2) is 4.98 Å². The first-order valence-corrected chi connectivity index (χ1v) is 13.0. The summed E-state index contributed by atoms with van der Waals surface area (Å²) in [7, 11) is 0. The number of nitrogens with one attached hydrogen (secondary N) is 2. The molecule has 3 heterocycles. The quantitative estimate of drug-likeness (QED) is 0.470. The molecule has 0 bridgehead atoms. The first kappa shape index (κ1) is 26.1. The standard InChI is InChI=1S/C24H27ClN4O6S/c1-2-34-24-18(11-20(30)35-24)28-22(32)19-8-5-9-29(19)23(33)17(10-14-12-36-13-26-14)27-21(31)15-6-3-4-7-16(15)25/h3-4,6-7,12-13,17-19,24H,2,5,8-11H2,1H3,(H,27,31)(H,28,32)/t17-,18-,19-,24+/m0/s1. The Kier molecular flexibility index (Phi) is 8.55. The molecule has 36 heavy (non-hydrogen) atoms. The Morgan fingerprint density at radius 1 is 1.33 bits per heavy atom. The monoisotopic (exact) mass is 534 g/mol. The summed E-state index contributed by atoms with van der Waals surface area (Å²) in [6, 6.07) is 4.25. The van der Waals surface area contributed by atoms with Crippen LogP contribution < -0.4 is 10.6 Å². The zero-order valence-corrected chi connectivity index (χ0v) is 21.2. The van der Waals surface area contributed by atoms with Crippen LogP contribution in [-0.4, -0.2) is 71.1 Å². The number of cyclic esters (lactones) is 1. The van der Waals surface area contributed by atoms with Gasteiger partial charge in [0, 0.05) is 25.0 Å². The fraction of sp³-hybridized carbons (Fsp3) is 0.458. The van der Waals surface area contributed by atoms with Crippen LogP contribution in [0.5, 0.6) is 0 Å². The van der Waals surface area contributed by atoms with Crippen molar-refractivity contribution in [1.82, 2.24) is 20.5 Å². The van der Waals surface area contributed by atoms with Gasteiger partial charge in [0.1, 0.15) is 18.1 Å². The van der Waals surface area contributed by atoms with E-state index >= 15 is 0 Å². The molecule has 12 heteroatoms. The summed E-state index contributed by atoms with van der Waals surface area (Å²) >= 11 is 7.56. The molecule has 0 saturated carbocycles. The topological polar surface area (TPSA) is 127 Å². The van der Waals surface area contributed by atoms with E-state index in [1.54, 1.807) is 42.1 Å². The van der Waals surface area contributed by atoms with Crippen molar-refractivity contribution in [3.05, 3.63) is 51.4 Å². The number of benzene rings is 1. The SMILES string of the molecule is CCO[C@@H]1OC(=O)C[C@@H]1NC(=O)[C@@H]1CCCN1C(=O)[C@H](Cc1cscn1)NC(=O)c1ccccc1Cl. The number of halogens is 1. The Hall–Kier alpha value is -3.02. The molecule has 2 saturated heterocycles. The van der Waals surface area contributed by atoms with Crippen molar-refractivity contribution < 1.29 is 28.7 Å². The molecule has 0 spiro atoms. The second kappa shape index (κ2) is 11.8. The highest BCUT2D eigenvalue weighted by Gasteiger charge is 2.42. The van der Waals surface area contributed by atoms with Crippen LogP contribution in [0.2, 0.25) is 5.02 Å². The highest BCUT2D eigenvalue weighted by molar-refractivity contribution is 7.07.